The molecule has 0 N–H and O–H groups in total. The Hall–Kier alpha value is -2.23. The van der Waals surface area contributed by atoms with Crippen LogP contribution in [0.15, 0.2) is 66.4 Å². The van der Waals surface area contributed by atoms with Gasteiger partial charge < -0.3 is 4.74 Å². The van der Waals surface area contributed by atoms with Gasteiger partial charge >= 0.3 is 0 Å². The van der Waals surface area contributed by atoms with E-state index in [1.54, 1.807) is 36.4 Å². The van der Waals surface area contributed by atoms with Crippen molar-refractivity contribution in [2.45, 2.75) is 20.3 Å². The Bertz CT molecular complexity index is 823. The van der Waals surface area contributed by atoms with E-state index in [0.717, 1.165) is 6.42 Å². The van der Waals surface area contributed by atoms with Crippen molar-refractivity contribution in [3.8, 4) is 5.75 Å². The fourth-order valence-electron chi connectivity index (χ4n) is 2.53. The maximum absolute atomic E-state index is 13.4. The zero-order valence-corrected chi connectivity index (χ0v) is 16.5. The predicted molar refractivity (Wildman–Crippen MR) is 109 cm³/mol. The molecule has 0 unspecified atom stereocenters. The minimum Gasteiger partial charge on any atom is -0.496 e. The summed E-state index contributed by atoms with van der Waals surface area (Å²) in [5, 5.41) is 0.787. The molecule has 0 aliphatic rings. The van der Waals surface area contributed by atoms with E-state index in [9.17, 15) is 4.79 Å². The molecule has 0 bridgehead atoms. The summed E-state index contributed by atoms with van der Waals surface area (Å²) in [4.78, 5) is 15.0. The average Bonchev–Trinajstić information content (AvgIpc) is 2.66. The Morgan fingerprint density at radius 3 is 2.35 bits per heavy atom. The first-order chi connectivity index (χ1) is 12.5. The molecular weight excluding hydrogens is 369 g/mol. The number of ether oxygens (including phenoxy) is 1. The summed E-state index contributed by atoms with van der Waals surface area (Å²) >= 11 is 12.8. The fourth-order valence-corrected chi connectivity index (χ4v) is 3.10. The first kappa shape index (κ1) is 20.1. The number of rotatable bonds is 6. The smallest absolute Gasteiger partial charge is 0.266 e. The normalized spacial score (nSPS) is 11.7. The summed E-state index contributed by atoms with van der Waals surface area (Å²) in [5.74, 6) is 0.215. The van der Waals surface area contributed by atoms with Crippen LogP contribution in [0.25, 0.3) is 0 Å². The fraction of sp³-hybridized carbons (Fsp3) is 0.190. The number of carbonyl (C=O) groups excluding carboxylic acids is 1. The molecule has 0 radical (unpaired) electrons. The van der Waals surface area contributed by atoms with Gasteiger partial charge in [0.2, 0.25) is 0 Å². The summed E-state index contributed by atoms with van der Waals surface area (Å²) in [6, 6.07) is 12.2. The van der Waals surface area contributed by atoms with Crippen LogP contribution in [0.5, 0.6) is 5.75 Å². The number of carbonyl (C=O) groups is 1. The van der Waals surface area contributed by atoms with Crippen LogP contribution in [0.4, 0.5) is 5.69 Å². The van der Waals surface area contributed by atoms with E-state index in [1.807, 2.05) is 38.1 Å². The Labute approximate surface area is 164 Å². The number of hydrogen-bond acceptors (Lipinski definition) is 2. The first-order valence-corrected chi connectivity index (χ1v) is 9.05. The third-order valence-corrected chi connectivity index (χ3v) is 4.39. The van der Waals surface area contributed by atoms with E-state index in [0.29, 0.717) is 32.7 Å². The highest BCUT2D eigenvalue weighted by atomic mass is 35.5. The molecule has 2 rings (SSSR count). The topological polar surface area (TPSA) is 29.5 Å². The standard InChI is InChI=1S/C21H21Cl2NO2/c1-4-6-10-15(5-2)24(20-17(22)12-9-13-18(20)23)21(25)16-11-7-8-14-19(16)26-3/h5-14H,4H2,1-3H3/b10-6-,15-5+. The second kappa shape index (κ2) is 9.46. The molecule has 2 aromatic rings. The quantitative estimate of drug-likeness (QED) is 0.526. The van der Waals surface area contributed by atoms with Crippen molar-refractivity contribution in [3.63, 3.8) is 0 Å². The highest BCUT2D eigenvalue weighted by Crippen LogP contribution is 2.37. The van der Waals surface area contributed by atoms with Crippen LogP contribution in [-0.2, 0) is 0 Å². The number of para-hydroxylation sites is 2. The van der Waals surface area contributed by atoms with Gasteiger partial charge in [-0.1, -0.05) is 60.5 Å². The zero-order valence-electron chi connectivity index (χ0n) is 15.0. The number of methoxy groups -OCH3 is 1. The summed E-state index contributed by atoms with van der Waals surface area (Å²) in [7, 11) is 1.53. The lowest BCUT2D eigenvalue weighted by atomic mass is 10.1. The van der Waals surface area contributed by atoms with Gasteiger partial charge in [0.1, 0.15) is 5.75 Å². The maximum Gasteiger partial charge on any atom is 0.266 e. The van der Waals surface area contributed by atoms with Gasteiger partial charge in [0.05, 0.1) is 28.4 Å². The molecule has 5 heteroatoms. The molecule has 2 aromatic carbocycles. The number of amides is 1. The van der Waals surface area contributed by atoms with Crippen LogP contribution in [0, 0.1) is 0 Å². The number of allylic oxidation sites excluding steroid dienone is 3. The third kappa shape index (κ3) is 4.29. The molecule has 0 spiro atoms. The van der Waals surface area contributed by atoms with Gasteiger partial charge in [-0.15, -0.1) is 0 Å². The minimum atomic E-state index is -0.272. The van der Waals surface area contributed by atoms with Crippen molar-refractivity contribution in [2.75, 3.05) is 12.0 Å². The van der Waals surface area contributed by atoms with Crippen LogP contribution in [0.3, 0.4) is 0 Å². The Morgan fingerprint density at radius 1 is 1.12 bits per heavy atom. The van der Waals surface area contributed by atoms with Gasteiger partial charge in [0.15, 0.2) is 0 Å². The van der Waals surface area contributed by atoms with E-state index < -0.39 is 0 Å². The van der Waals surface area contributed by atoms with Gasteiger partial charge in [-0.05, 0) is 43.7 Å². The SMILES string of the molecule is C/C=C(\C=C/CC)N(C(=O)c1ccccc1OC)c1c(Cl)cccc1Cl. The van der Waals surface area contributed by atoms with Gasteiger partial charge in [-0.2, -0.15) is 0 Å². The molecule has 0 saturated heterocycles. The van der Waals surface area contributed by atoms with Crippen molar-refractivity contribution >= 4 is 34.8 Å². The van der Waals surface area contributed by atoms with Crippen molar-refractivity contribution in [1.82, 2.24) is 0 Å². The van der Waals surface area contributed by atoms with Crippen LogP contribution >= 0.6 is 23.2 Å². The summed E-state index contributed by atoms with van der Waals surface area (Å²) < 4.78 is 5.36. The molecule has 0 saturated carbocycles. The molecule has 0 fully saturated rings. The number of nitrogens with zero attached hydrogens (tertiary/aromatic N) is 1. The van der Waals surface area contributed by atoms with Crippen LogP contribution < -0.4 is 9.64 Å². The number of hydrogen-bond donors (Lipinski definition) is 0. The van der Waals surface area contributed by atoms with E-state index in [1.165, 1.54) is 12.0 Å². The zero-order chi connectivity index (χ0) is 19.1. The van der Waals surface area contributed by atoms with Crippen LogP contribution in [0.2, 0.25) is 10.0 Å². The van der Waals surface area contributed by atoms with Crippen molar-refractivity contribution in [2.24, 2.45) is 0 Å². The Morgan fingerprint density at radius 2 is 1.77 bits per heavy atom. The molecule has 0 heterocycles. The highest BCUT2D eigenvalue weighted by Gasteiger charge is 2.26. The average molecular weight is 390 g/mol. The summed E-state index contributed by atoms with van der Waals surface area (Å²) in [6.45, 7) is 3.89. The first-order valence-electron chi connectivity index (χ1n) is 8.29. The van der Waals surface area contributed by atoms with Crippen molar-refractivity contribution < 1.29 is 9.53 Å². The Balaban J connectivity index is 2.68. The Kier molecular flexibility index (Phi) is 7.31. The predicted octanol–water partition coefficient (Wildman–Crippen LogP) is 6.52. The monoisotopic (exact) mass is 389 g/mol. The second-order valence-electron chi connectivity index (χ2n) is 5.44. The number of anilines is 1. The molecule has 136 valence electrons. The van der Waals surface area contributed by atoms with Gasteiger partial charge in [0, 0.05) is 5.70 Å². The van der Waals surface area contributed by atoms with E-state index in [4.69, 9.17) is 27.9 Å². The van der Waals surface area contributed by atoms with E-state index in [-0.39, 0.29) is 5.91 Å². The molecule has 0 aromatic heterocycles. The van der Waals surface area contributed by atoms with E-state index in [2.05, 4.69) is 0 Å². The molecule has 26 heavy (non-hydrogen) atoms. The summed E-state index contributed by atoms with van der Waals surface area (Å²) in [6.07, 6.45) is 6.54. The lowest BCUT2D eigenvalue weighted by Gasteiger charge is -2.26. The molecule has 3 nitrogen and oxygen atoms in total. The van der Waals surface area contributed by atoms with Gasteiger partial charge in [0.25, 0.3) is 5.91 Å². The lowest BCUT2D eigenvalue weighted by Crippen LogP contribution is -2.30. The summed E-state index contributed by atoms with van der Waals surface area (Å²) in [5.41, 5.74) is 1.55. The second-order valence-corrected chi connectivity index (χ2v) is 6.25. The van der Waals surface area contributed by atoms with Crippen molar-refractivity contribution in [3.05, 3.63) is 82.0 Å². The van der Waals surface area contributed by atoms with Crippen LogP contribution in [0.1, 0.15) is 30.6 Å². The highest BCUT2D eigenvalue weighted by molar-refractivity contribution is 6.40. The van der Waals surface area contributed by atoms with E-state index >= 15 is 0 Å². The molecule has 0 aliphatic heterocycles. The van der Waals surface area contributed by atoms with Crippen LogP contribution in [-0.4, -0.2) is 13.0 Å². The molecular formula is C21H21Cl2NO2. The molecule has 0 atom stereocenters. The van der Waals surface area contributed by atoms with Crippen molar-refractivity contribution in [1.29, 1.82) is 0 Å². The van der Waals surface area contributed by atoms with Gasteiger partial charge in [-0.25, -0.2) is 0 Å². The third-order valence-electron chi connectivity index (χ3n) is 3.78. The number of halogens is 2. The minimum absolute atomic E-state index is 0.272. The number of benzene rings is 2. The molecule has 0 aliphatic carbocycles. The maximum atomic E-state index is 13.4. The largest absolute Gasteiger partial charge is 0.496 e. The lowest BCUT2D eigenvalue weighted by molar-refractivity contribution is 0.0992. The molecule has 1 amide bonds. The van der Waals surface area contributed by atoms with Gasteiger partial charge in [-0.3, -0.25) is 9.69 Å².